The molecule has 0 amide bonds. The molecular weight excluding hydrogens is 376 g/mol. The molecule has 29 heavy (non-hydrogen) atoms. The van der Waals surface area contributed by atoms with Gasteiger partial charge in [-0.15, -0.1) is 0 Å². The standard InChI is InChI=1S/C22H18O7/c1-26-18-9-5-3-7-15(18)21(24)28-14-11-12-20(17(23)13-14)29-22(25)16-8-4-6-10-19(16)27-2/h3-13,23H,1-2H3. The lowest BCUT2D eigenvalue weighted by molar-refractivity contribution is 0.0711. The van der Waals surface area contributed by atoms with Crippen molar-refractivity contribution in [1.29, 1.82) is 0 Å². The first-order valence-corrected chi connectivity index (χ1v) is 8.57. The van der Waals surface area contributed by atoms with Crippen molar-refractivity contribution in [3.63, 3.8) is 0 Å². The minimum Gasteiger partial charge on any atom is -0.504 e. The van der Waals surface area contributed by atoms with Crippen molar-refractivity contribution < 1.29 is 33.6 Å². The molecule has 0 saturated heterocycles. The molecule has 0 aliphatic heterocycles. The number of phenolic OH excluding ortho intramolecular Hbond substituents is 1. The van der Waals surface area contributed by atoms with Crippen molar-refractivity contribution in [3.8, 4) is 28.7 Å². The molecule has 0 aliphatic rings. The third-order valence-corrected chi connectivity index (χ3v) is 4.00. The number of benzene rings is 3. The Hall–Kier alpha value is -4.00. The Morgan fingerprint density at radius 3 is 1.72 bits per heavy atom. The number of phenols is 1. The molecule has 0 unspecified atom stereocenters. The van der Waals surface area contributed by atoms with Crippen LogP contribution in [0.25, 0.3) is 0 Å². The minimum absolute atomic E-state index is 0.0792. The summed E-state index contributed by atoms with van der Waals surface area (Å²) in [5.74, 6) is -1.01. The van der Waals surface area contributed by atoms with Crippen molar-refractivity contribution in [2.45, 2.75) is 0 Å². The van der Waals surface area contributed by atoms with E-state index in [1.54, 1.807) is 48.5 Å². The summed E-state index contributed by atoms with van der Waals surface area (Å²) in [6.45, 7) is 0. The molecule has 0 heterocycles. The van der Waals surface area contributed by atoms with E-state index in [1.165, 1.54) is 32.4 Å². The third-order valence-electron chi connectivity index (χ3n) is 4.00. The lowest BCUT2D eigenvalue weighted by Crippen LogP contribution is -2.11. The van der Waals surface area contributed by atoms with Gasteiger partial charge in [0.1, 0.15) is 28.4 Å². The van der Waals surface area contributed by atoms with E-state index in [0.29, 0.717) is 11.5 Å². The van der Waals surface area contributed by atoms with Crippen LogP contribution in [0.5, 0.6) is 28.7 Å². The van der Waals surface area contributed by atoms with Crippen molar-refractivity contribution in [3.05, 3.63) is 77.9 Å². The van der Waals surface area contributed by atoms with E-state index in [0.717, 1.165) is 0 Å². The van der Waals surface area contributed by atoms with Gasteiger partial charge >= 0.3 is 11.9 Å². The molecular formula is C22H18O7. The Kier molecular flexibility index (Phi) is 5.99. The van der Waals surface area contributed by atoms with Crippen molar-refractivity contribution >= 4 is 11.9 Å². The summed E-state index contributed by atoms with van der Waals surface area (Å²) < 4.78 is 20.8. The van der Waals surface area contributed by atoms with Gasteiger partial charge in [0.25, 0.3) is 0 Å². The van der Waals surface area contributed by atoms with Gasteiger partial charge in [0.2, 0.25) is 0 Å². The second-order valence-corrected chi connectivity index (χ2v) is 5.81. The maximum atomic E-state index is 12.4. The molecule has 1 N–H and O–H groups in total. The van der Waals surface area contributed by atoms with Crippen LogP contribution in [-0.4, -0.2) is 31.3 Å². The Balaban J connectivity index is 1.75. The average molecular weight is 394 g/mol. The highest BCUT2D eigenvalue weighted by Gasteiger charge is 2.18. The van der Waals surface area contributed by atoms with Crippen LogP contribution in [0.2, 0.25) is 0 Å². The van der Waals surface area contributed by atoms with Crippen LogP contribution in [0.3, 0.4) is 0 Å². The van der Waals surface area contributed by atoms with Crippen molar-refractivity contribution in [1.82, 2.24) is 0 Å². The first-order chi connectivity index (χ1) is 14.0. The Morgan fingerprint density at radius 2 is 1.21 bits per heavy atom. The molecule has 7 nitrogen and oxygen atoms in total. The van der Waals surface area contributed by atoms with Gasteiger partial charge in [0.05, 0.1) is 14.2 Å². The largest absolute Gasteiger partial charge is 0.504 e. The summed E-state index contributed by atoms with van der Waals surface area (Å²) in [5, 5.41) is 10.2. The normalized spacial score (nSPS) is 10.1. The van der Waals surface area contributed by atoms with Crippen LogP contribution in [-0.2, 0) is 0 Å². The highest BCUT2D eigenvalue weighted by atomic mass is 16.5. The molecule has 0 aromatic heterocycles. The first-order valence-electron chi connectivity index (χ1n) is 8.57. The summed E-state index contributed by atoms with van der Waals surface area (Å²) in [5.41, 5.74) is 0.447. The highest BCUT2D eigenvalue weighted by molar-refractivity contribution is 5.95. The molecule has 0 fully saturated rings. The van der Waals surface area contributed by atoms with Gasteiger partial charge in [-0.05, 0) is 36.4 Å². The fourth-order valence-electron chi connectivity index (χ4n) is 2.59. The van der Waals surface area contributed by atoms with Crippen LogP contribution in [0.1, 0.15) is 20.7 Å². The zero-order chi connectivity index (χ0) is 20.8. The van der Waals surface area contributed by atoms with Gasteiger partial charge in [-0.1, -0.05) is 24.3 Å². The molecule has 0 atom stereocenters. The maximum Gasteiger partial charge on any atom is 0.347 e. The molecule has 0 bridgehead atoms. The van der Waals surface area contributed by atoms with E-state index < -0.39 is 11.9 Å². The molecule has 0 radical (unpaired) electrons. The number of methoxy groups -OCH3 is 2. The zero-order valence-corrected chi connectivity index (χ0v) is 15.7. The number of hydrogen-bond acceptors (Lipinski definition) is 7. The monoisotopic (exact) mass is 394 g/mol. The second kappa shape index (κ2) is 8.79. The van der Waals surface area contributed by atoms with E-state index in [1.807, 2.05) is 0 Å². The molecule has 148 valence electrons. The SMILES string of the molecule is COc1ccccc1C(=O)Oc1ccc(OC(=O)c2ccccc2OC)c(O)c1. The van der Waals surface area contributed by atoms with Crippen LogP contribution in [0.15, 0.2) is 66.7 Å². The summed E-state index contributed by atoms with van der Waals surface area (Å²) in [6.07, 6.45) is 0. The predicted octanol–water partition coefficient (Wildman–Crippen LogP) is 3.85. The molecule has 3 rings (SSSR count). The molecule has 0 saturated carbocycles. The van der Waals surface area contributed by atoms with E-state index in [2.05, 4.69) is 0 Å². The summed E-state index contributed by atoms with van der Waals surface area (Å²) in [7, 11) is 2.89. The zero-order valence-electron chi connectivity index (χ0n) is 15.7. The van der Waals surface area contributed by atoms with Crippen LogP contribution in [0, 0.1) is 0 Å². The number of esters is 2. The van der Waals surface area contributed by atoms with Gasteiger partial charge < -0.3 is 24.1 Å². The lowest BCUT2D eigenvalue weighted by atomic mass is 10.2. The smallest absolute Gasteiger partial charge is 0.347 e. The van der Waals surface area contributed by atoms with E-state index in [-0.39, 0.29) is 28.4 Å². The maximum absolute atomic E-state index is 12.4. The Morgan fingerprint density at radius 1 is 0.690 bits per heavy atom. The minimum atomic E-state index is -0.698. The number of rotatable bonds is 6. The molecule has 3 aromatic carbocycles. The highest BCUT2D eigenvalue weighted by Crippen LogP contribution is 2.32. The third kappa shape index (κ3) is 4.47. The quantitative estimate of drug-likeness (QED) is 0.502. The van der Waals surface area contributed by atoms with Crippen LogP contribution < -0.4 is 18.9 Å². The molecule has 0 spiro atoms. The Labute approximate surface area is 167 Å². The van der Waals surface area contributed by atoms with Gasteiger partial charge in [-0.2, -0.15) is 0 Å². The number of para-hydroxylation sites is 2. The lowest BCUT2D eigenvalue weighted by Gasteiger charge is -2.11. The number of aromatic hydroxyl groups is 1. The first kappa shape index (κ1) is 19.8. The van der Waals surface area contributed by atoms with Crippen molar-refractivity contribution in [2.75, 3.05) is 14.2 Å². The van der Waals surface area contributed by atoms with Gasteiger partial charge in [0.15, 0.2) is 11.5 Å². The average Bonchev–Trinajstić information content (AvgIpc) is 2.75. The fourth-order valence-corrected chi connectivity index (χ4v) is 2.59. The second-order valence-electron chi connectivity index (χ2n) is 5.81. The number of carbonyl (C=O) groups excluding carboxylic acids is 2. The van der Waals surface area contributed by atoms with Gasteiger partial charge in [0, 0.05) is 6.07 Å². The number of carbonyl (C=O) groups is 2. The van der Waals surface area contributed by atoms with E-state index in [4.69, 9.17) is 18.9 Å². The van der Waals surface area contributed by atoms with Crippen LogP contribution >= 0.6 is 0 Å². The number of hydrogen-bond donors (Lipinski definition) is 1. The van der Waals surface area contributed by atoms with Crippen molar-refractivity contribution in [2.24, 2.45) is 0 Å². The molecule has 0 aliphatic carbocycles. The Bertz CT molecular complexity index is 1040. The fraction of sp³-hybridized carbons (Fsp3) is 0.0909. The summed E-state index contributed by atoms with van der Waals surface area (Å²) >= 11 is 0. The summed E-state index contributed by atoms with van der Waals surface area (Å²) in [4.78, 5) is 24.7. The van der Waals surface area contributed by atoms with E-state index >= 15 is 0 Å². The van der Waals surface area contributed by atoms with E-state index in [9.17, 15) is 14.7 Å². The topological polar surface area (TPSA) is 91.3 Å². The van der Waals surface area contributed by atoms with Crippen LogP contribution in [0.4, 0.5) is 0 Å². The molecule has 3 aromatic rings. The summed E-state index contributed by atoms with van der Waals surface area (Å²) in [6, 6.07) is 17.1. The van der Waals surface area contributed by atoms with Gasteiger partial charge in [-0.25, -0.2) is 9.59 Å². The van der Waals surface area contributed by atoms with Gasteiger partial charge in [-0.3, -0.25) is 0 Å². The number of ether oxygens (including phenoxy) is 4. The predicted molar refractivity (Wildman–Crippen MR) is 104 cm³/mol. The molecule has 7 heteroatoms.